The largest absolute Gasteiger partial charge is 0.364 e. The Labute approximate surface area is 144 Å². The first-order valence-electron chi connectivity index (χ1n) is 8.09. The first-order valence-corrected chi connectivity index (χ1v) is 9.03. The molecule has 1 saturated carbocycles. The molecule has 24 heavy (non-hydrogen) atoms. The van der Waals surface area contributed by atoms with Crippen molar-refractivity contribution in [3.8, 4) is 0 Å². The monoisotopic (exact) mass is 341 g/mol. The Balaban J connectivity index is 1.61. The third kappa shape index (κ3) is 2.89. The van der Waals surface area contributed by atoms with Gasteiger partial charge in [-0.05, 0) is 53.4 Å². The van der Waals surface area contributed by atoms with Crippen molar-refractivity contribution in [1.29, 1.82) is 0 Å². The molecular formula is C18H19N3O2S. The molecule has 5 nitrogen and oxygen atoms in total. The van der Waals surface area contributed by atoms with Gasteiger partial charge in [0.1, 0.15) is 0 Å². The van der Waals surface area contributed by atoms with Crippen LogP contribution in [-0.2, 0) is 11.3 Å². The molecule has 6 heteroatoms. The van der Waals surface area contributed by atoms with E-state index in [2.05, 4.69) is 16.8 Å². The molecule has 0 bridgehead atoms. The molecule has 1 aliphatic heterocycles. The Kier molecular flexibility index (Phi) is 3.76. The zero-order chi connectivity index (χ0) is 16.7. The number of anilines is 2. The number of carbonyl (C=O) groups is 2. The average Bonchev–Trinajstić information content (AvgIpc) is 3.27. The number of hydrogen-bond acceptors (Lipinski definition) is 4. The number of benzene rings is 1. The molecule has 0 atom stereocenters. The van der Waals surface area contributed by atoms with Crippen molar-refractivity contribution in [3.05, 3.63) is 46.2 Å². The smallest absolute Gasteiger partial charge is 0.254 e. The van der Waals surface area contributed by atoms with Crippen LogP contribution < -0.4 is 10.2 Å². The normalized spacial score (nSPS) is 16.5. The van der Waals surface area contributed by atoms with Crippen LogP contribution in [0.4, 0.5) is 11.4 Å². The van der Waals surface area contributed by atoms with Crippen LogP contribution in [0, 0.1) is 0 Å². The number of rotatable bonds is 4. The van der Waals surface area contributed by atoms with Crippen LogP contribution in [0.15, 0.2) is 35.0 Å². The predicted molar refractivity (Wildman–Crippen MR) is 95.6 cm³/mol. The van der Waals surface area contributed by atoms with Gasteiger partial charge in [0.2, 0.25) is 5.91 Å². The van der Waals surface area contributed by atoms with E-state index in [4.69, 9.17) is 0 Å². The zero-order valence-corrected chi connectivity index (χ0v) is 14.3. The van der Waals surface area contributed by atoms with Crippen LogP contribution in [0.1, 0.15) is 28.8 Å². The Bertz CT molecular complexity index is 784. The second-order valence-electron chi connectivity index (χ2n) is 6.43. The topological polar surface area (TPSA) is 52.7 Å². The summed E-state index contributed by atoms with van der Waals surface area (Å²) in [6.45, 7) is 0.989. The lowest BCUT2D eigenvalue weighted by molar-refractivity contribution is -0.115. The molecule has 0 saturated heterocycles. The van der Waals surface area contributed by atoms with Crippen LogP contribution in [-0.4, -0.2) is 36.3 Å². The SMILES string of the molecule is CN1CC(=O)Nc2cc(C(=O)N(Cc3ccsc3)C3CC3)ccc21. The summed E-state index contributed by atoms with van der Waals surface area (Å²) in [7, 11) is 1.88. The maximum absolute atomic E-state index is 13.0. The van der Waals surface area contributed by atoms with Gasteiger partial charge >= 0.3 is 0 Å². The van der Waals surface area contributed by atoms with Crippen LogP contribution in [0.5, 0.6) is 0 Å². The lowest BCUT2D eigenvalue weighted by Crippen LogP contribution is -2.36. The Morgan fingerprint density at radius 2 is 2.21 bits per heavy atom. The van der Waals surface area contributed by atoms with E-state index in [-0.39, 0.29) is 11.8 Å². The van der Waals surface area contributed by atoms with Gasteiger partial charge in [0.05, 0.1) is 17.9 Å². The number of fused-ring (bicyclic) bond motifs is 1. The number of nitrogens with one attached hydrogen (secondary N) is 1. The summed E-state index contributed by atoms with van der Waals surface area (Å²) in [5.41, 5.74) is 3.46. The van der Waals surface area contributed by atoms with Crippen molar-refractivity contribution < 1.29 is 9.59 Å². The molecule has 1 N–H and O–H groups in total. The molecule has 1 aromatic heterocycles. The summed E-state index contributed by atoms with van der Waals surface area (Å²) in [5, 5.41) is 6.99. The molecule has 1 fully saturated rings. The summed E-state index contributed by atoms with van der Waals surface area (Å²) in [4.78, 5) is 28.6. The number of hydrogen-bond donors (Lipinski definition) is 1. The molecule has 0 unspecified atom stereocenters. The van der Waals surface area contributed by atoms with Crippen molar-refractivity contribution in [1.82, 2.24) is 4.90 Å². The van der Waals surface area contributed by atoms with Crippen LogP contribution in [0.3, 0.4) is 0 Å². The summed E-state index contributed by atoms with van der Waals surface area (Å²) < 4.78 is 0. The van der Waals surface area contributed by atoms with Gasteiger partial charge in [-0.1, -0.05) is 0 Å². The van der Waals surface area contributed by atoms with E-state index in [0.717, 1.165) is 18.5 Å². The van der Waals surface area contributed by atoms with E-state index in [1.54, 1.807) is 17.4 Å². The molecule has 124 valence electrons. The van der Waals surface area contributed by atoms with Gasteiger partial charge in [-0.2, -0.15) is 11.3 Å². The molecule has 0 spiro atoms. The molecule has 2 heterocycles. The van der Waals surface area contributed by atoms with Gasteiger partial charge in [0, 0.05) is 25.2 Å². The fourth-order valence-corrected chi connectivity index (χ4v) is 3.75. The fourth-order valence-electron chi connectivity index (χ4n) is 3.09. The Morgan fingerprint density at radius 3 is 2.92 bits per heavy atom. The highest BCUT2D eigenvalue weighted by Gasteiger charge is 2.33. The number of likely N-dealkylation sites (N-methyl/N-ethyl adjacent to an activating group) is 1. The summed E-state index contributed by atoms with van der Waals surface area (Å²) >= 11 is 1.65. The first kappa shape index (κ1) is 15.2. The third-order valence-electron chi connectivity index (χ3n) is 4.49. The number of thiophene rings is 1. The molecule has 1 aromatic carbocycles. The van der Waals surface area contributed by atoms with Gasteiger partial charge in [-0.15, -0.1) is 0 Å². The fraction of sp³-hybridized carbons (Fsp3) is 0.333. The second kappa shape index (κ2) is 5.94. The summed E-state index contributed by atoms with van der Waals surface area (Å²) in [5.74, 6) is -0.0131. The van der Waals surface area contributed by atoms with E-state index >= 15 is 0 Å². The summed E-state index contributed by atoms with van der Waals surface area (Å²) in [6.07, 6.45) is 2.14. The Morgan fingerprint density at radius 1 is 1.38 bits per heavy atom. The highest BCUT2D eigenvalue weighted by molar-refractivity contribution is 7.07. The van der Waals surface area contributed by atoms with Crippen molar-refractivity contribution in [2.45, 2.75) is 25.4 Å². The van der Waals surface area contributed by atoms with Crippen molar-refractivity contribution >= 4 is 34.5 Å². The first-order chi connectivity index (χ1) is 11.6. The molecule has 1 aliphatic carbocycles. The van der Waals surface area contributed by atoms with Gasteiger partial charge in [-0.3, -0.25) is 9.59 Å². The standard InChI is InChI=1S/C18H19N3O2S/c1-20-10-17(22)19-15-8-13(2-5-16(15)20)18(23)21(14-3-4-14)9-12-6-7-24-11-12/h2,5-8,11,14H,3-4,9-10H2,1H3,(H,19,22). The van der Waals surface area contributed by atoms with E-state index in [0.29, 0.717) is 30.4 Å². The highest BCUT2D eigenvalue weighted by Crippen LogP contribution is 2.33. The lowest BCUT2D eigenvalue weighted by Gasteiger charge is -2.28. The number of nitrogens with zero attached hydrogens (tertiary/aromatic N) is 2. The Hall–Kier alpha value is -2.34. The average molecular weight is 341 g/mol. The van der Waals surface area contributed by atoms with Crippen molar-refractivity contribution in [2.24, 2.45) is 0 Å². The molecule has 4 rings (SSSR count). The number of amides is 2. The maximum atomic E-state index is 13.0. The molecule has 2 aromatic rings. The van der Waals surface area contributed by atoms with Crippen molar-refractivity contribution in [2.75, 3.05) is 23.8 Å². The van der Waals surface area contributed by atoms with Crippen molar-refractivity contribution in [3.63, 3.8) is 0 Å². The minimum atomic E-state index is -0.0491. The van der Waals surface area contributed by atoms with E-state index in [1.165, 1.54) is 5.56 Å². The minimum Gasteiger partial charge on any atom is -0.364 e. The lowest BCUT2D eigenvalue weighted by atomic mass is 10.1. The zero-order valence-electron chi connectivity index (χ0n) is 13.5. The van der Waals surface area contributed by atoms with Gasteiger partial charge in [-0.25, -0.2) is 0 Å². The summed E-state index contributed by atoms with van der Waals surface area (Å²) in [6, 6.07) is 7.98. The molecule has 2 aliphatic rings. The minimum absolute atomic E-state index is 0.0361. The molecular weight excluding hydrogens is 322 g/mol. The van der Waals surface area contributed by atoms with E-state index < -0.39 is 0 Å². The van der Waals surface area contributed by atoms with Gasteiger partial charge in [0.15, 0.2) is 0 Å². The van der Waals surface area contributed by atoms with E-state index in [9.17, 15) is 9.59 Å². The van der Waals surface area contributed by atoms with Crippen LogP contribution in [0.2, 0.25) is 0 Å². The highest BCUT2D eigenvalue weighted by atomic mass is 32.1. The van der Waals surface area contributed by atoms with Crippen LogP contribution in [0.25, 0.3) is 0 Å². The third-order valence-corrected chi connectivity index (χ3v) is 5.22. The van der Waals surface area contributed by atoms with Gasteiger partial charge in [0.25, 0.3) is 5.91 Å². The molecule has 0 radical (unpaired) electrons. The number of carbonyl (C=O) groups excluding carboxylic acids is 2. The van der Waals surface area contributed by atoms with Crippen LogP contribution >= 0.6 is 11.3 Å². The molecule has 2 amide bonds. The predicted octanol–water partition coefficient (Wildman–Crippen LogP) is 2.94. The van der Waals surface area contributed by atoms with E-state index in [1.807, 2.05) is 34.4 Å². The second-order valence-corrected chi connectivity index (χ2v) is 7.21. The van der Waals surface area contributed by atoms with Gasteiger partial charge < -0.3 is 15.1 Å². The maximum Gasteiger partial charge on any atom is 0.254 e. The quantitative estimate of drug-likeness (QED) is 0.930.